The lowest BCUT2D eigenvalue weighted by atomic mass is 10.3. The summed E-state index contributed by atoms with van der Waals surface area (Å²) in [5, 5.41) is 7.73. The highest BCUT2D eigenvalue weighted by molar-refractivity contribution is 6.43. The second kappa shape index (κ2) is 9.53. The van der Waals surface area contributed by atoms with E-state index in [9.17, 15) is 0 Å². The highest BCUT2D eigenvalue weighted by atomic mass is 35.5. The Bertz CT molecular complexity index is 602. The van der Waals surface area contributed by atoms with E-state index in [1.807, 2.05) is 36.4 Å². The van der Waals surface area contributed by atoms with E-state index in [1.54, 1.807) is 6.07 Å². The first-order valence-corrected chi connectivity index (χ1v) is 8.61. The second-order valence-electron chi connectivity index (χ2n) is 5.18. The lowest BCUT2D eigenvalue weighted by Gasteiger charge is -2.11. The monoisotopic (exact) mass is 352 g/mol. The van der Waals surface area contributed by atoms with Gasteiger partial charge in [-0.3, -0.25) is 0 Å². The third-order valence-corrected chi connectivity index (χ3v) is 4.16. The summed E-state index contributed by atoms with van der Waals surface area (Å²) >= 11 is 12.1. The van der Waals surface area contributed by atoms with Gasteiger partial charge in [-0.2, -0.15) is 0 Å². The molecule has 124 valence electrons. The number of ether oxygens (including phenoxy) is 1. The molecular formula is C18H22Cl2N2O. The van der Waals surface area contributed by atoms with Gasteiger partial charge in [-0.25, -0.2) is 0 Å². The van der Waals surface area contributed by atoms with E-state index < -0.39 is 0 Å². The van der Waals surface area contributed by atoms with Crippen LogP contribution in [0, 0.1) is 0 Å². The van der Waals surface area contributed by atoms with E-state index in [0.29, 0.717) is 10.0 Å². The first-order valence-electron chi connectivity index (χ1n) is 7.85. The summed E-state index contributed by atoms with van der Waals surface area (Å²) in [5.74, 6) is 0.910. The molecule has 0 heterocycles. The number of halogens is 2. The maximum absolute atomic E-state index is 6.13. The molecule has 0 bridgehead atoms. The van der Waals surface area contributed by atoms with Gasteiger partial charge in [0.25, 0.3) is 0 Å². The van der Waals surface area contributed by atoms with Crippen LogP contribution < -0.4 is 15.4 Å². The van der Waals surface area contributed by atoms with Crippen LogP contribution in [0.5, 0.6) is 5.75 Å². The van der Waals surface area contributed by atoms with Crippen LogP contribution in [0.2, 0.25) is 10.0 Å². The minimum Gasteiger partial charge on any atom is -0.494 e. The molecule has 0 aliphatic heterocycles. The maximum Gasteiger partial charge on any atom is 0.119 e. The molecule has 0 saturated carbocycles. The fourth-order valence-corrected chi connectivity index (χ4v) is 2.42. The zero-order chi connectivity index (χ0) is 16.5. The van der Waals surface area contributed by atoms with Crippen LogP contribution in [0.3, 0.4) is 0 Å². The van der Waals surface area contributed by atoms with Crippen LogP contribution in [0.1, 0.15) is 19.8 Å². The van der Waals surface area contributed by atoms with Crippen molar-refractivity contribution in [3.8, 4) is 5.75 Å². The predicted molar refractivity (Wildman–Crippen MR) is 100 cm³/mol. The van der Waals surface area contributed by atoms with Crippen molar-refractivity contribution in [3.63, 3.8) is 0 Å². The molecule has 5 heteroatoms. The highest BCUT2D eigenvalue weighted by Gasteiger charge is 2.03. The second-order valence-corrected chi connectivity index (χ2v) is 5.97. The molecule has 2 aromatic carbocycles. The lowest BCUT2D eigenvalue weighted by molar-refractivity contribution is 0.309. The number of rotatable bonds is 9. The van der Waals surface area contributed by atoms with E-state index in [4.69, 9.17) is 27.9 Å². The lowest BCUT2D eigenvalue weighted by Crippen LogP contribution is -2.13. The SMILES string of the molecule is CCCCOc1ccc(NCCNc2cccc(Cl)c2Cl)cc1. The summed E-state index contributed by atoms with van der Waals surface area (Å²) in [6.45, 7) is 4.45. The molecule has 2 aromatic rings. The summed E-state index contributed by atoms with van der Waals surface area (Å²) in [7, 11) is 0. The fourth-order valence-electron chi connectivity index (χ4n) is 2.05. The Balaban J connectivity index is 1.72. The topological polar surface area (TPSA) is 33.3 Å². The molecule has 3 nitrogen and oxygen atoms in total. The Morgan fingerprint density at radius 1 is 0.957 bits per heavy atom. The summed E-state index contributed by atoms with van der Waals surface area (Å²) in [5.41, 5.74) is 1.91. The van der Waals surface area contributed by atoms with Gasteiger partial charge in [0, 0.05) is 18.8 Å². The third kappa shape index (κ3) is 5.85. The Morgan fingerprint density at radius 3 is 2.43 bits per heavy atom. The van der Waals surface area contributed by atoms with E-state index in [0.717, 1.165) is 49.7 Å². The van der Waals surface area contributed by atoms with Crippen molar-refractivity contribution < 1.29 is 4.74 Å². The molecule has 2 N–H and O–H groups in total. The van der Waals surface area contributed by atoms with Crippen LogP contribution in [0.4, 0.5) is 11.4 Å². The van der Waals surface area contributed by atoms with E-state index in [-0.39, 0.29) is 0 Å². The molecule has 0 amide bonds. The van der Waals surface area contributed by atoms with Gasteiger partial charge in [-0.05, 0) is 42.8 Å². The molecule has 0 spiro atoms. The number of nitrogens with one attached hydrogen (secondary N) is 2. The number of hydrogen-bond donors (Lipinski definition) is 2. The number of unbranched alkanes of at least 4 members (excludes halogenated alkanes) is 1. The standard InChI is InChI=1S/C18H22Cl2N2O/c1-2-3-13-23-15-9-7-14(8-10-15)21-11-12-22-17-6-4-5-16(19)18(17)20/h4-10,21-22H,2-3,11-13H2,1H3. The Labute approximate surface area is 147 Å². The number of anilines is 2. The molecule has 0 radical (unpaired) electrons. The summed E-state index contributed by atoms with van der Waals surface area (Å²) in [6.07, 6.45) is 2.22. The van der Waals surface area contributed by atoms with E-state index >= 15 is 0 Å². The molecule has 0 fully saturated rings. The van der Waals surface area contributed by atoms with Gasteiger partial charge < -0.3 is 15.4 Å². The van der Waals surface area contributed by atoms with Crippen molar-refractivity contribution in [2.75, 3.05) is 30.3 Å². The maximum atomic E-state index is 6.13. The van der Waals surface area contributed by atoms with Crippen LogP contribution in [-0.4, -0.2) is 19.7 Å². The number of benzene rings is 2. The van der Waals surface area contributed by atoms with Crippen molar-refractivity contribution >= 4 is 34.6 Å². The minimum absolute atomic E-state index is 0.558. The smallest absolute Gasteiger partial charge is 0.119 e. The van der Waals surface area contributed by atoms with Gasteiger partial charge in [0.2, 0.25) is 0 Å². The van der Waals surface area contributed by atoms with Crippen LogP contribution in [0.25, 0.3) is 0 Å². The Kier molecular flexibility index (Phi) is 7.37. The zero-order valence-corrected chi connectivity index (χ0v) is 14.8. The normalized spacial score (nSPS) is 10.4. The predicted octanol–water partition coefficient (Wildman–Crippen LogP) is 5.70. The van der Waals surface area contributed by atoms with E-state index in [1.165, 1.54) is 0 Å². The van der Waals surface area contributed by atoms with Crippen LogP contribution >= 0.6 is 23.2 Å². The molecule has 0 saturated heterocycles. The first kappa shape index (κ1) is 17.8. The summed E-state index contributed by atoms with van der Waals surface area (Å²) < 4.78 is 5.64. The van der Waals surface area contributed by atoms with Gasteiger partial charge in [-0.15, -0.1) is 0 Å². The van der Waals surface area contributed by atoms with Crippen molar-refractivity contribution in [1.82, 2.24) is 0 Å². The van der Waals surface area contributed by atoms with Crippen molar-refractivity contribution in [2.45, 2.75) is 19.8 Å². The van der Waals surface area contributed by atoms with Crippen molar-refractivity contribution in [2.24, 2.45) is 0 Å². The highest BCUT2D eigenvalue weighted by Crippen LogP contribution is 2.29. The van der Waals surface area contributed by atoms with Crippen LogP contribution in [0.15, 0.2) is 42.5 Å². The summed E-state index contributed by atoms with van der Waals surface area (Å²) in [6, 6.07) is 13.6. The van der Waals surface area contributed by atoms with Crippen molar-refractivity contribution in [1.29, 1.82) is 0 Å². The summed E-state index contributed by atoms with van der Waals surface area (Å²) in [4.78, 5) is 0. The van der Waals surface area contributed by atoms with Crippen LogP contribution in [-0.2, 0) is 0 Å². The van der Waals surface area contributed by atoms with Gasteiger partial charge in [-0.1, -0.05) is 42.6 Å². The fraction of sp³-hybridized carbons (Fsp3) is 0.333. The van der Waals surface area contributed by atoms with Gasteiger partial charge in [0.05, 0.1) is 22.3 Å². The molecule has 23 heavy (non-hydrogen) atoms. The molecule has 0 aliphatic carbocycles. The molecule has 0 unspecified atom stereocenters. The molecule has 0 aliphatic rings. The average Bonchev–Trinajstić information content (AvgIpc) is 2.57. The van der Waals surface area contributed by atoms with Gasteiger partial charge >= 0.3 is 0 Å². The van der Waals surface area contributed by atoms with Gasteiger partial charge in [0.15, 0.2) is 0 Å². The molecule has 0 aromatic heterocycles. The average molecular weight is 353 g/mol. The van der Waals surface area contributed by atoms with Crippen molar-refractivity contribution in [3.05, 3.63) is 52.5 Å². The number of hydrogen-bond acceptors (Lipinski definition) is 3. The third-order valence-electron chi connectivity index (χ3n) is 3.34. The van der Waals surface area contributed by atoms with Gasteiger partial charge in [0.1, 0.15) is 5.75 Å². The Morgan fingerprint density at radius 2 is 1.70 bits per heavy atom. The molecule has 2 rings (SSSR count). The zero-order valence-electron chi connectivity index (χ0n) is 13.2. The molecule has 0 atom stereocenters. The molecular weight excluding hydrogens is 331 g/mol. The Hall–Kier alpha value is -1.58. The quantitative estimate of drug-likeness (QED) is 0.568. The first-order chi connectivity index (χ1) is 11.2. The van der Waals surface area contributed by atoms with E-state index in [2.05, 4.69) is 17.6 Å². The largest absolute Gasteiger partial charge is 0.494 e. The minimum atomic E-state index is 0.558.